The fraction of sp³-hybridized carbons (Fsp3) is 0.209. The summed E-state index contributed by atoms with van der Waals surface area (Å²) in [4.78, 5) is 30.1. The van der Waals surface area contributed by atoms with E-state index in [0.717, 1.165) is 33.4 Å². The number of fused-ring (bicyclic) bond motifs is 2. The van der Waals surface area contributed by atoms with Crippen LogP contribution in [0.1, 0.15) is 80.5 Å². The summed E-state index contributed by atoms with van der Waals surface area (Å²) >= 11 is 13.4. The van der Waals surface area contributed by atoms with E-state index in [4.69, 9.17) is 50.9 Å². The van der Waals surface area contributed by atoms with E-state index in [1.807, 2.05) is 73.1 Å². The lowest BCUT2D eigenvalue weighted by Gasteiger charge is -2.17. The number of ether oxygens (including phenoxy) is 2. The third kappa shape index (κ3) is 7.11. The van der Waals surface area contributed by atoms with Crippen LogP contribution in [0.2, 0.25) is 10.0 Å². The van der Waals surface area contributed by atoms with Crippen LogP contribution in [0, 0.1) is 6.92 Å². The van der Waals surface area contributed by atoms with E-state index < -0.39 is 17.9 Å². The van der Waals surface area contributed by atoms with Gasteiger partial charge >= 0.3 is 11.9 Å². The van der Waals surface area contributed by atoms with Crippen LogP contribution < -0.4 is 0 Å². The molecular weight excluding hydrogens is 755 g/mol. The highest BCUT2D eigenvalue weighted by atomic mass is 35.5. The van der Waals surface area contributed by atoms with Gasteiger partial charge in [0.05, 0.1) is 26.0 Å². The fourth-order valence-electron chi connectivity index (χ4n) is 7.02. The zero-order valence-electron chi connectivity index (χ0n) is 31.0. The Morgan fingerprint density at radius 1 is 0.821 bits per heavy atom. The number of imidazole rings is 1. The summed E-state index contributed by atoms with van der Waals surface area (Å²) in [7, 11) is 1.88. The summed E-state index contributed by atoms with van der Waals surface area (Å²) in [6, 6.07) is 26.4. The first-order valence-electron chi connectivity index (χ1n) is 18.1. The number of benzene rings is 3. The van der Waals surface area contributed by atoms with E-state index in [-0.39, 0.29) is 24.7 Å². The molecule has 0 aliphatic carbocycles. The average molecular weight is 792 g/mol. The SMILES string of the molecule is CCOC(=O)c1cc(C)n(Cc2cc(Cl)cc3cc(-c4cnc(C(c5ccc(C(=O)OCC)o5)c5cc(Cl)cc6cc(Cc7ccccc7)oc56)n4C)oc23)n1. The molecule has 1 atom stereocenters. The maximum absolute atomic E-state index is 12.8. The molecule has 5 aromatic heterocycles. The van der Waals surface area contributed by atoms with Crippen molar-refractivity contribution in [1.82, 2.24) is 19.3 Å². The molecule has 8 rings (SSSR count). The minimum atomic E-state index is -0.667. The second-order valence-electron chi connectivity index (χ2n) is 13.3. The van der Waals surface area contributed by atoms with Gasteiger partial charge in [0.1, 0.15) is 40.1 Å². The molecule has 5 heterocycles. The molecule has 0 amide bonds. The van der Waals surface area contributed by atoms with Gasteiger partial charge in [0.25, 0.3) is 0 Å². The van der Waals surface area contributed by atoms with Crippen LogP contribution in [0.25, 0.3) is 33.4 Å². The van der Waals surface area contributed by atoms with E-state index in [2.05, 4.69) is 17.2 Å². The zero-order valence-corrected chi connectivity index (χ0v) is 32.5. The predicted octanol–water partition coefficient (Wildman–Crippen LogP) is 10.2. The normalized spacial score (nSPS) is 12.1. The van der Waals surface area contributed by atoms with Gasteiger partial charge in [0.15, 0.2) is 11.5 Å². The average Bonchev–Trinajstić information content (AvgIpc) is 4.01. The van der Waals surface area contributed by atoms with Gasteiger partial charge in [-0.05, 0) is 80.9 Å². The molecule has 8 aromatic rings. The van der Waals surface area contributed by atoms with Crippen LogP contribution in [0.5, 0.6) is 0 Å². The quantitative estimate of drug-likeness (QED) is 0.111. The summed E-state index contributed by atoms with van der Waals surface area (Å²) in [6.45, 7) is 6.11. The Kier molecular flexibility index (Phi) is 10.0. The van der Waals surface area contributed by atoms with E-state index in [0.29, 0.717) is 62.8 Å². The summed E-state index contributed by atoms with van der Waals surface area (Å²) in [5, 5.41) is 7.10. The van der Waals surface area contributed by atoms with E-state index in [1.165, 1.54) is 0 Å². The Labute approximate surface area is 331 Å². The highest BCUT2D eigenvalue weighted by Crippen LogP contribution is 2.41. The van der Waals surface area contributed by atoms with Crippen molar-refractivity contribution in [3.63, 3.8) is 0 Å². The van der Waals surface area contributed by atoms with Crippen LogP contribution in [-0.2, 0) is 29.5 Å². The largest absolute Gasteiger partial charge is 0.461 e. The van der Waals surface area contributed by atoms with Crippen molar-refractivity contribution in [3.8, 4) is 11.5 Å². The molecule has 0 fully saturated rings. The topological polar surface area (TPSA) is 128 Å². The summed E-state index contributed by atoms with van der Waals surface area (Å²) in [5.41, 5.74) is 5.48. The molecular formula is C43H36Cl2N4O7. The van der Waals surface area contributed by atoms with Gasteiger partial charge in [-0.2, -0.15) is 5.10 Å². The van der Waals surface area contributed by atoms with Crippen molar-refractivity contribution < 1.29 is 32.3 Å². The maximum Gasteiger partial charge on any atom is 0.374 e. The summed E-state index contributed by atoms with van der Waals surface area (Å²) in [5.74, 6) is 0.656. The molecule has 0 radical (unpaired) electrons. The molecule has 0 spiro atoms. The number of aryl methyl sites for hydroxylation is 1. The summed E-state index contributed by atoms with van der Waals surface area (Å²) < 4.78 is 33.4. The Balaban J connectivity index is 1.22. The van der Waals surface area contributed by atoms with Crippen molar-refractivity contribution in [3.05, 3.63) is 152 Å². The first-order valence-corrected chi connectivity index (χ1v) is 18.8. The molecule has 284 valence electrons. The first-order chi connectivity index (χ1) is 27.1. The lowest BCUT2D eigenvalue weighted by molar-refractivity contribution is 0.0485. The molecule has 0 saturated carbocycles. The van der Waals surface area contributed by atoms with Gasteiger partial charge in [0.2, 0.25) is 5.76 Å². The number of esters is 2. The monoisotopic (exact) mass is 790 g/mol. The van der Waals surface area contributed by atoms with Crippen LogP contribution in [0.3, 0.4) is 0 Å². The maximum atomic E-state index is 12.8. The zero-order chi connectivity index (χ0) is 39.1. The summed E-state index contributed by atoms with van der Waals surface area (Å²) in [6.07, 6.45) is 2.31. The van der Waals surface area contributed by atoms with E-state index in [9.17, 15) is 9.59 Å². The number of hydrogen-bond acceptors (Lipinski definition) is 9. The Morgan fingerprint density at radius 3 is 2.32 bits per heavy atom. The van der Waals surface area contributed by atoms with Crippen molar-refractivity contribution in [2.75, 3.05) is 13.2 Å². The molecule has 0 aliphatic heterocycles. The molecule has 0 saturated heterocycles. The molecule has 3 aromatic carbocycles. The highest BCUT2D eigenvalue weighted by molar-refractivity contribution is 6.31. The molecule has 1 unspecified atom stereocenters. The number of carbonyl (C=O) groups excluding carboxylic acids is 2. The number of rotatable bonds is 12. The van der Waals surface area contributed by atoms with Gasteiger partial charge in [-0.25, -0.2) is 14.6 Å². The van der Waals surface area contributed by atoms with Gasteiger partial charge in [-0.1, -0.05) is 53.5 Å². The first kappa shape index (κ1) is 36.9. The lowest BCUT2D eigenvalue weighted by Crippen LogP contribution is -2.10. The van der Waals surface area contributed by atoms with Crippen LogP contribution in [0.15, 0.2) is 104 Å². The number of hydrogen-bond donors (Lipinski definition) is 0. The van der Waals surface area contributed by atoms with Gasteiger partial charge in [-0.15, -0.1) is 0 Å². The molecule has 11 nitrogen and oxygen atoms in total. The number of nitrogens with zero attached hydrogens (tertiary/aromatic N) is 4. The van der Waals surface area contributed by atoms with Crippen molar-refractivity contribution >= 4 is 57.1 Å². The van der Waals surface area contributed by atoms with Crippen LogP contribution in [-0.4, -0.2) is 44.5 Å². The second kappa shape index (κ2) is 15.2. The molecule has 0 N–H and O–H groups in total. The minimum absolute atomic E-state index is 0.0623. The smallest absolute Gasteiger partial charge is 0.374 e. The van der Waals surface area contributed by atoms with E-state index >= 15 is 0 Å². The van der Waals surface area contributed by atoms with Crippen molar-refractivity contribution in [2.45, 2.75) is 39.7 Å². The third-order valence-corrected chi connectivity index (χ3v) is 10.00. The number of aromatic nitrogens is 4. The molecule has 0 bridgehead atoms. The molecule has 13 heteroatoms. The van der Waals surface area contributed by atoms with Gasteiger partial charge < -0.3 is 27.3 Å². The Bertz CT molecular complexity index is 2740. The number of furan rings is 3. The van der Waals surface area contributed by atoms with Crippen molar-refractivity contribution in [2.24, 2.45) is 7.05 Å². The Hall–Kier alpha value is -6.04. The highest BCUT2D eigenvalue weighted by Gasteiger charge is 2.31. The Morgan fingerprint density at radius 2 is 1.55 bits per heavy atom. The minimum Gasteiger partial charge on any atom is -0.461 e. The van der Waals surface area contributed by atoms with Gasteiger partial charge in [-0.3, -0.25) is 4.68 Å². The van der Waals surface area contributed by atoms with Crippen LogP contribution >= 0.6 is 23.2 Å². The number of halogens is 2. The van der Waals surface area contributed by atoms with Crippen LogP contribution in [0.4, 0.5) is 0 Å². The second-order valence-corrected chi connectivity index (χ2v) is 14.2. The van der Waals surface area contributed by atoms with Gasteiger partial charge in [0, 0.05) is 51.1 Å². The lowest BCUT2D eigenvalue weighted by atomic mass is 9.94. The standard InChI is InChI=1S/C43H36Cl2N4O7/c1-5-52-42(50)33-14-24(3)49(47-33)23-28-18-29(44)17-27-20-37(56-39(27)28)34-22-46-41(48(34)4)38(35-12-13-36(55-35)43(51)53-6-2)32-21-30(45)16-26-19-31(54-40(26)32)15-25-10-8-7-9-11-25/h7-14,16-22,38H,5-6,15,23H2,1-4H3. The fourth-order valence-corrected chi connectivity index (χ4v) is 7.50. The molecule has 56 heavy (non-hydrogen) atoms. The van der Waals surface area contributed by atoms with E-state index in [1.54, 1.807) is 42.9 Å². The predicted molar refractivity (Wildman–Crippen MR) is 212 cm³/mol. The van der Waals surface area contributed by atoms with Crippen molar-refractivity contribution in [1.29, 1.82) is 0 Å². The third-order valence-electron chi connectivity index (χ3n) is 9.56. The number of carbonyl (C=O) groups is 2. The molecule has 0 aliphatic rings.